The predicted molar refractivity (Wildman–Crippen MR) is 56.7 cm³/mol. The number of amides is 1. The number of rotatable bonds is 1. The van der Waals surface area contributed by atoms with Gasteiger partial charge in [0.15, 0.2) is 0 Å². The highest BCUT2D eigenvalue weighted by atomic mass is 19.1. The molecule has 1 unspecified atom stereocenters. The van der Waals surface area contributed by atoms with Crippen molar-refractivity contribution >= 4 is 11.7 Å². The van der Waals surface area contributed by atoms with Gasteiger partial charge in [-0.3, -0.25) is 15.6 Å². The van der Waals surface area contributed by atoms with Crippen LogP contribution in [-0.4, -0.2) is 11.7 Å². The van der Waals surface area contributed by atoms with E-state index in [1.165, 1.54) is 12.1 Å². The van der Waals surface area contributed by atoms with Crippen molar-refractivity contribution in [2.24, 2.45) is 10.9 Å². The lowest BCUT2D eigenvalue weighted by molar-refractivity contribution is -0.122. The number of hydrazine groups is 1. The minimum atomic E-state index is -0.316. The molecule has 16 heavy (non-hydrogen) atoms. The lowest BCUT2D eigenvalue weighted by atomic mass is 9.93. The molecule has 1 aliphatic heterocycles. The number of amidine groups is 1. The van der Waals surface area contributed by atoms with E-state index in [9.17, 15) is 9.18 Å². The molecule has 1 heterocycles. The lowest BCUT2D eigenvalue weighted by Gasteiger charge is -2.25. The Labute approximate surface area is 91.5 Å². The van der Waals surface area contributed by atoms with Crippen molar-refractivity contribution in [1.82, 2.24) is 10.9 Å². The Balaban J connectivity index is 2.29. The number of nitrogens with two attached hydrogens (primary N) is 1. The smallest absolute Gasteiger partial charge is 0.239 e. The molecule has 5 nitrogen and oxygen atoms in total. The molecule has 0 bridgehead atoms. The summed E-state index contributed by atoms with van der Waals surface area (Å²) in [5.74, 6) is 4.95. The number of halogens is 1. The maximum absolute atomic E-state index is 12.8. The van der Waals surface area contributed by atoms with Gasteiger partial charge in [0.2, 0.25) is 5.91 Å². The second-order valence-corrected chi connectivity index (χ2v) is 3.50. The van der Waals surface area contributed by atoms with Crippen LogP contribution in [0.25, 0.3) is 0 Å². The standard InChI is InChI=1S/C10H11FN4O/c11-7-3-1-6(2-4-7)8-5-9(16)14-15-10(8)13-12/h1-4,8H,5,12H2,(H,13,15)(H,14,16). The molecule has 1 aromatic carbocycles. The highest BCUT2D eigenvalue weighted by Gasteiger charge is 2.26. The van der Waals surface area contributed by atoms with Crippen molar-refractivity contribution in [3.63, 3.8) is 0 Å². The van der Waals surface area contributed by atoms with Crippen molar-refractivity contribution in [1.29, 1.82) is 0 Å². The second kappa shape index (κ2) is 4.18. The number of carbonyl (C=O) groups excluding carboxylic acids is 1. The number of carbonyl (C=O) groups is 1. The van der Waals surface area contributed by atoms with Gasteiger partial charge in [-0.25, -0.2) is 4.39 Å². The Kier molecular flexibility index (Phi) is 2.72. The zero-order valence-corrected chi connectivity index (χ0v) is 8.40. The number of hydrazone groups is 1. The average molecular weight is 222 g/mol. The van der Waals surface area contributed by atoms with E-state index in [2.05, 4.69) is 16.0 Å². The van der Waals surface area contributed by atoms with Crippen molar-refractivity contribution in [2.75, 3.05) is 0 Å². The van der Waals surface area contributed by atoms with E-state index in [1.807, 2.05) is 0 Å². The zero-order valence-electron chi connectivity index (χ0n) is 8.40. The molecule has 1 aliphatic rings. The van der Waals surface area contributed by atoms with Gasteiger partial charge in [-0.2, -0.15) is 5.10 Å². The summed E-state index contributed by atoms with van der Waals surface area (Å²) < 4.78 is 12.8. The molecular formula is C10H11FN4O. The number of hydrogen-bond donors (Lipinski definition) is 3. The number of benzene rings is 1. The molecule has 2 rings (SSSR count). The van der Waals surface area contributed by atoms with Crippen molar-refractivity contribution in [3.8, 4) is 0 Å². The van der Waals surface area contributed by atoms with Crippen molar-refractivity contribution in [2.45, 2.75) is 12.3 Å². The topological polar surface area (TPSA) is 79.5 Å². The van der Waals surface area contributed by atoms with Gasteiger partial charge in [0.05, 0.1) is 5.92 Å². The fraction of sp³-hybridized carbons (Fsp3) is 0.200. The van der Waals surface area contributed by atoms with Crippen LogP contribution in [0.15, 0.2) is 29.4 Å². The van der Waals surface area contributed by atoms with Crippen LogP contribution in [0.5, 0.6) is 0 Å². The van der Waals surface area contributed by atoms with Gasteiger partial charge in [-0.1, -0.05) is 12.1 Å². The molecule has 0 aromatic heterocycles. The minimum Gasteiger partial charge on any atom is -0.322 e. The van der Waals surface area contributed by atoms with Crippen LogP contribution in [0.2, 0.25) is 0 Å². The fourth-order valence-electron chi connectivity index (χ4n) is 1.65. The zero-order chi connectivity index (χ0) is 11.5. The van der Waals surface area contributed by atoms with Crippen molar-refractivity contribution < 1.29 is 9.18 Å². The van der Waals surface area contributed by atoms with Gasteiger partial charge in [0.25, 0.3) is 0 Å². The molecule has 0 aliphatic carbocycles. The predicted octanol–water partition coefficient (Wildman–Crippen LogP) is 0.206. The van der Waals surface area contributed by atoms with Gasteiger partial charge in [0, 0.05) is 6.42 Å². The number of nitrogens with one attached hydrogen (secondary N) is 2. The molecule has 1 aromatic rings. The Morgan fingerprint density at radius 3 is 2.62 bits per heavy atom. The summed E-state index contributed by atoms with van der Waals surface area (Å²) in [5.41, 5.74) is 5.83. The monoisotopic (exact) mass is 222 g/mol. The molecular weight excluding hydrogens is 211 g/mol. The Morgan fingerprint density at radius 2 is 2.00 bits per heavy atom. The average Bonchev–Trinajstić information content (AvgIpc) is 2.30. The van der Waals surface area contributed by atoms with E-state index in [4.69, 9.17) is 5.84 Å². The molecule has 84 valence electrons. The SMILES string of the molecule is N/N=C1\NNC(=O)CC1c1ccc(F)cc1. The highest BCUT2D eigenvalue weighted by Crippen LogP contribution is 2.22. The molecule has 1 atom stereocenters. The molecule has 4 N–H and O–H groups in total. The maximum atomic E-state index is 12.8. The van der Waals surface area contributed by atoms with Crippen molar-refractivity contribution in [3.05, 3.63) is 35.6 Å². The molecule has 0 radical (unpaired) electrons. The summed E-state index contributed by atoms with van der Waals surface area (Å²) in [5, 5.41) is 3.56. The first kappa shape index (κ1) is 10.4. The minimum absolute atomic E-state index is 0.151. The van der Waals surface area contributed by atoms with Crippen LogP contribution < -0.4 is 16.7 Å². The molecule has 1 fully saturated rings. The third-order valence-corrected chi connectivity index (χ3v) is 2.46. The van der Waals surface area contributed by atoms with Crippen LogP contribution >= 0.6 is 0 Å². The van der Waals surface area contributed by atoms with Gasteiger partial charge < -0.3 is 5.84 Å². The van der Waals surface area contributed by atoms with Gasteiger partial charge in [0.1, 0.15) is 11.7 Å². The van der Waals surface area contributed by atoms with E-state index < -0.39 is 0 Å². The number of nitrogens with zero attached hydrogens (tertiary/aromatic N) is 1. The third kappa shape index (κ3) is 1.95. The summed E-state index contributed by atoms with van der Waals surface area (Å²) >= 11 is 0. The second-order valence-electron chi connectivity index (χ2n) is 3.50. The summed E-state index contributed by atoms with van der Waals surface area (Å²) in [6.45, 7) is 0. The quantitative estimate of drug-likeness (QED) is 0.469. The molecule has 0 spiro atoms. The summed E-state index contributed by atoms with van der Waals surface area (Å²) in [4.78, 5) is 11.2. The normalized spacial score (nSPS) is 22.7. The Hall–Kier alpha value is -2.11. The van der Waals surface area contributed by atoms with E-state index in [0.717, 1.165) is 5.56 Å². The molecule has 1 saturated heterocycles. The maximum Gasteiger partial charge on any atom is 0.239 e. The van der Waals surface area contributed by atoms with Crippen LogP contribution in [0.3, 0.4) is 0 Å². The van der Waals surface area contributed by atoms with Gasteiger partial charge >= 0.3 is 0 Å². The highest BCUT2D eigenvalue weighted by molar-refractivity contribution is 5.97. The third-order valence-electron chi connectivity index (χ3n) is 2.46. The Morgan fingerprint density at radius 1 is 1.31 bits per heavy atom. The lowest BCUT2D eigenvalue weighted by Crippen LogP contribution is -2.50. The fourth-order valence-corrected chi connectivity index (χ4v) is 1.65. The summed E-state index contributed by atoms with van der Waals surface area (Å²) in [7, 11) is 0. The van der Waals surface area contributed by atoms with Gasteiger partial charge in [-0.15, -0.1) is 0 Å². The summed E-state index contributed by atoms with van der Waals surface area (Å²) in [6.07, 6.45) is 0.245. The largest absolute Gasteiger partial charge is 0.322 e. The first-order valence-corrected chi connectivity index (χ1v) is 4.79. The van der Waals surface area contributed by atoms with Crippen LogP contribution in [-0.2, 0) is 4.79 Å². The molecule has 6 heteroatoms. The van der Waals surface area contributed by atoms with Crippen LogP contribution in [0.1, 0.15) is 17.9 Å². The number of hydrogen-bond acceptors (Lipinski definition) is 3. The van der Waals surface area contributed by atoms with Crippen LogP contribution in [0.4, 0.5) is 4.39 Å². The van der Waals surface area contributed by atoms with Gasteiger partial charge in [-0.05, 0) is 17.7 Å². The van der Waals surface area contributed by atoms with E-state index in [-0.39, 0.29) is 24.1 Å². The Bertz CT molecular complexity index is 429. The first-order chi connectivity index (χ1) is 7.70. The summed E-state index contributed by atoms with van der Waals surface area (Å²) in [6, 6.07) is 5.92. The molecule has 0 saturated carbocycles. The first-order valence-electron chi connectivity index (χ1n) is 4.79. The van der Waals surface area contributed by atoms with E-state index in [1.54, 1.807) is 12.1 Å². The van der Waals surface area contributed by atoms with E-state index in [0.29, 0.717) is 5.84 Å². The van der Waals surface area contributed by atoms with E-state index >= 15 is 0 Å². The molecule has 1 amide bonds. The van der Waals surface area contributed by atoms with Crippen LogP contribution in [0, 0.1) is 5.82 Å².